The molecule has 0 amide bonds. The number of aryl methyl sites for hydroxylation is 2. The van der Waals surface area contributed by atoms with Crippen LogP contribution in [-0.4, -0.2) is 0 Å². The van der Waals surface area contributed by atoms with Crippen LogP contribution in [0.1, 0.15) is 11.1 Å². The number of hydrogen-bond acceptors (Lipinski definition) is 2. The molecule has 0 heterocycles. The van der Waals surface area contributed by atoms with Gasteiger partial charge in [0.2, 0.25) is 0 Å². The van der Waals surface area contributed by atoms with Crippen molar-refractivity contribution in [1.29, 1.82) is 0 Å². The Morgan fingerprint density at radius 1 is 1.20 bits per heavy atom. The minimum Gasteiger partial charge on any atom is -0.274 e. The van der Waals surface area contributed by atoms with Crippen molar-refractivity contribution in [2.45, 2.75) is 18.7 Å². The fourth-order valence-electron chi connectivity index (χ4n) is 0.787. The Morgan fingerprint density at radius 2 is 1.90 bits per heavy atom. The van der Waals surface area contributed by atoms with E-state index in [1.165, 1.54) is 23.1 Å². The summed E-state index contributed by atoms with van der Waals surface area (Å²) in [5, 5.41) is 5.39. The zero-order valence-electron chi connectivity index (χ0n) is 6.22. The van der Waals surface area contributed by atoms with Gasteiger partial charge in [-0.2, -0.15) is 0 Å². The third-order valence-corrected chi connectivity index (χ3v) is 2.14. The molecule has 0 saturated heterocycles. The molecule has 0 saturated carbocycles. The minimum atomic E-state index is 1.13. The molecule has 1 rings (SSSR count). The Balaban J connectivity index is 3.04. The molecule has 0 atom stereocenters. The first kappa shape index (κ1) is 7.63. The van der Waals surface area contributed by atoms with Crippen LogP contribution in [0.2, 0.25) is 0 Å². The Kier molecular flexibility index (Phi) is 2.35. The SMILES string of the molecule is Cc1ccc(SN)cc1C. The molecule has 10 heavy (non-hydrogen) atoms. The molecule has 54 valence electrons. The molecule has 0 aliphatic heterocycles. The molecule has 1 aromatic rings. The molecule has 0 aliphatic rings. The van der Waals surface area contributed by atoms with Gasteiger partial charge in [0, 0.05) is 4.90 Å². The number of hydrogen-bond donors (Lipinski definition) is 1. The van der Waals surface area contributed by atoms with E-state index in [0.717, 1.165) is 4.90 Å². The van der Waals surface area contributed by atoms with Crippen molar-refractivity contribution >= 4 is 11.9 Å². The standard InChI is InChI=1S/C8H11NS/c1-6-3-4-8(10-9)5-7(6)2/h3-5H,9H2,1-2H3. The normalized spacial score (nSPS) is 9.90. The second-order valence-electron chi connectivity index (χ2n) is 2.36. The second kappa shape index (κ2) is 3.08. The van der Waals surface area contributed by atoms with Gasteiger partial charge in [0.25, 0.3) is 0 Å². The van der Waals surface area contributed by atoms with Crippen molar-refractivity contribution in [2.24, 2.45) is 5.14 Å². The van der Waals surface area contributed by atoms with Gasteiger partial charge in [0.05, 0.1) is 0 Å². The summed E-state index contributed by atoms with van der Waals surface area (Å²) >= 11 is 1.29. The summed E-state index contributed by atoms with van der Waals surface area (Å²) in [4.78, 5) is 1.13. The second-order valence-corrected chi connectivity index (χ2v) is 3.07. The maximum absolute atomic E-state index is 5.39. The van der Waals surface area contributed by atoms with E-state index in [0.29, 0.717) is 0 Å². The third-order valence-electron chi connectivity index (χ3n) is 1.61. The van der Waals surface area contributed by atoms with Crippen molar-refractivity contribution in [1.82, 2.24) is 0 Å². The van der Waals surface area contributed by atoms with E-state index in [4.69, 9.17) is 5.14 Å². The van der Waals surface area contributed by atoms with E-state index in [1.807, 2.05) is 6.07 Å². The zero-order valence-corrected chi connectivity index (χ0v) is 7.03. The van der Waals surface area contributed by atoms with Gasteiger partial charge >= 0.3 is 0 Å². The fraction of sp³-hybridized carbons (Fsp3) is 0.250. The topological polar surface area (TPSA) is 26.0 Å². The van der Waals surface area contributed by atoms with E-state index < -0.39 is 0 Å². The van der Waals surface area contributed by atoms with E-state index in [9.17, 15) is 0 Å². The number of rotatable bonds is 1. The molecule has 0 aliphatic carbocycles. The van der Waals surface area contributed by atoms with Gasteiger partial charge in [-0.25, -0.2) is 0 Å². The Bertz CT molecular complexity index is 233. The highest BCUT2D eigenvalue weighted by Gasteiger charge is 1.93. The predicted molar refractivity (Wildman–Crippen MR) is 46.0 cm³/mol. The molecule has 0 unspecified atom stereocenters. The Labute approximate surface area is 65.8 Å². The molecule has 0 radical (unpaired) electrons. The van der Waals surface area contributed by atoms with Crippen LogP contribution in [0.3, 0.4) is 0 Å². The zero-order chi connectivity index (χ0) is 7.56. The molecule has 0 spiro atoms. The Morgan fingerprint density at radius 3 is 2.40 bits per heavy atom. The Hall–Kier alpha value is -0.470. The third kappa shape index (κ3) is 1.52. The van der Waals surface area contributed by atoms with Gasteiger partial charge in [0.15, 0.2) is 0 Å². The van der Waals surface area contributed by atoms with Gasteiger partial charge < -0.3 is 0 Å². The van der Waals surface area contributed by atoms with Gasteiger partial charge in [-0.3, -0.25) is 5.14 Å². The first-order valence-electron chi connectivity index (χ1n) is 3.18. The number of nitrogens with two attached hydrogens (primary N) is 1. The maximum atomic E-state index is 5.39. The molecule has 0 bridgehead atoms. The lowest BCUT2D eigenvalue weighted by atomic mass is 10.1. The molecular formula is C8H11NS. The van der Waals surface area contributed by atoms with Crippen LogP contribution in [0.5, 0.6) is 0 Å². The summed E-state index contributed by atoms with van der Waals surface area (Å²) in [5.74, 6) is 0. The lowest BCUT2D eigenvalue weighted by Gasteiger charge is -2.00. The van der Waals surface area contributed by atoms with E-state index in [1.54, 1.807) is 0 Å². The van der Waals surface area contributed by atoms with E-state index in [-0.39, 0.29) is 0 Å². The summed E-state index contributed by atoms with van der Waals surface area (Å²) < 4.78 is 0. The van der Waals surface area contributed by atoms with Gasteiger partial charge in [0.1, 0.15) is 0 Å². The molecule has 0 fully saturated rings. The minimum absolute atomic E-state index is 1.13. The van der Waals surface area contributed by atoms with Crippen LogP contribution in [0.15, 0.2) is 23.1 Å². The number of benzene rings is 1. The van der Waals surface area contributed by atoms with Crippen molar-refractivity contribution in [3.63, 3.8) is 0 Å². The van der Waals surface area contributed by atoms with Crippen LogP contribution in [0.25, 0.3) is 0 Å². The average Bonchev–Trinajstić information content (AvgIpc) is 1.95. The van der Waals surface area contributed by atoms with Gasteiger partial charge in [-0.15, -0.1) is 0 Å². The maximum Gasteiger partial charge on any atom is 0.0228 e. The quantitative estimate of drug-likeness (QED) is 0.626. The van der Waals surface area contributed by atoms with Crippen LogP contribution in [0.4, 0.5) is 0 Å². The highest BCUT2D eigenvalue weighted by atomic mass is 32.2. The summed E-state index contributed by atoms with van der Waals surface area (Å²) in [5.41, 5.74) is 2.62. The summed E-state index contributed by atoms with van der Waals surface area (Å²) in [6.45, 7) is 4.19. The summed E-state index contributed by atoms with van der Waals surface area (Å²) in [6, 6.07) is 6.22. The smallest absolute Gasteiger partial charge is 0.0228 e. The largest absolute Gasteiger partial charge is 0.274 e. The summed E-state index contributed by atoms with van der Waals surface area (Å²) in [6.07, 6.45) is 0. The summed E-state index contributed by atoms with van der Waals surface area (Å²) in [7, 11) is 0. The first-order valence-corrected chi connectivity index (χ1v) is 4.06. The molecular weight excluding hydrogens is 142 g/mol. The predicted octanol–water partition coefficient (Wildman–Crippen LogP) is 2.27. The van der Waals surface area contributed by atoms with Crippen LogP contribution in [0, 0.1) is 13.8 Å². The molecule has 1 aromatic carbocycles. The monoisotopic (exact) mass is 153 g/mol. The lowest BCUT2D eigenvalue weighted by Crippen LogP contribution is -1.83. The van der Waals surface area contributed by atoms with Crippen molar-refractivity contribution in [2.75, 3.05) is 0 Å². The highest BCUT2D eigenvalue weighted by molar-refractivity contribution is 7.97. The van der Waals surface area contributed by atoms with Crippen LogP contribution in [-0.2, 0) is 0 Å². The van der Waals surface area contributed by atoms with E-state index in [2.05, 4.69) is 26.0 Å². The lowest BCUT2D eigenvalue weighted by molar-refractivity contribution is 1.28. The van der Waals surface area contributed by atoms with Crippen molar-refractivity contribution < 1.29 is 0 Å². The molecule has 2 heteroatoms. The van der Waals surface area contributed by atoms with Crippen molar-refractivity contribution in [3.8, 4) is 0 Å². The van der Waals surface area contributed by atoms with Crippen molar-refractivity contribution in [3.05, 3.63) is 29.3 Å². The van der Waals surface area contributed by atoms with Gasteiger partial charge in [-0.05, 0) is 49.1 Å². The first-order chi connectivity index (χ1) is 4.74. The average molecular weight is 153 g/mol. The fourth-order valence-corrected chi connectivity index (χ4v) is 1.18. The van der Waals surface area contributed by atoms with Gasteiger partial charge in [-0.1, -0.05) is 6.07 Å². The van der Waals surface area contributed by atoms with Crippen LogP contribution >= 0.6 is 11.9 Å². The highest BCUT2D eigenvalue weighted by Crippen LogP contribution is 2.15. The van der Waals surface area contributed by atoms with Crippen LogP contribution < -0.4 is 5.14 Å². The molecule has 0 aromatic heterocycles. The molecule has 2 N–H and O–H groups in total. The van der Waals surface area contributed by atoms with E-state index >= 15 is 0 Å². The molecule has 1 nitrogen and oxygen atoms in total.